The number of amides is 1. The van der Waals surface area contributed by atoms with E-state index in [0.29, 0.717) is 6.10 Å². The molecule has 16 heavy (non-hydrogen) atoms. The van der Waals surface area contributed by atoms with Crippen molar-refractivity contribution in [3.63, 3.8) is 0 Å². The lowest BCUT2D eigenvalue weighted by molar-refractivity contribution is -0.127. The molecule has 0 aromatic rings. The van der Waals surface area contributed by atoms with Crippen LogP contribution in [0.25, 0.3) is 0 Å². The summed E-state index contributed by atoms with van der Waals surface area (Å²) in [5.41, 5.74) is -0.486. The van der Waals surface area contributed by atoms with Crippen LogP contribution in [0.15, 0.2) is 0 Å². The quantitative estimate of drug-likeness (QED) is 0.739. The van der Waals surface area contributed by atoms with Gasteiger partial charge in [-0.1, -0.05) is 6.92 Å². The number of rotatable bonds is 5. The fourth-order valence-electron chi connectivity index (χ4n) is 2.17. The fraction of sp³-hybridized carbons (Fsp3) is 0.917. The molecule has 1 fully saturated rings. The van der Waals surface area contributed by atoms with Crippen molar-refractivity contribution < 1.29 is 9.53 Å². The van der Waals surface area contributed by atoms with Gasteiger partial charge < -0.3 is 15.4 Å². The van der Waals surface area contributed by atoms with E-state index in [1.807, 2.05) is 20.8 Å². The zero-order valence-corrected chi connectivity index (χ0v) is 10.8. The monoisotopic (exact) mass is 228 g/mol. The molecule has 0 radical (unpaired) electrons. The summed E-state index contributed by atoms with van der Waals surface area (Å²) in [5.74, 6) is 0.0797. The Morgan fingerprint density at radius 3 is 2.62 bits per heavy atom. The maximum atomic E-state index is 12.0. The minimum atomic E-state index is -0.486. The van der Waals surface area contributed by atoms with Gasteiger partial charge in [0.15, 0.2) is 0 Å². The van der Waals surface area contributed by atoms with Crippen molar-refractivity contribution in [2.75, 3.05) is 13.7 Å². The Hall–Kier alpha value is -0.610. The van der Waals surface area contributed by atoms with E-state index in [1.165, 1.54) is 0 Å². The Labute approximate surface area is 98.1 Å². The molecule has 1 saturated carbocycles. The van der Waals surface area contributed by atoms with Gasteiger partial charge in [-0.25, -0.2) is 0 Å². The molecule has 0 aromatic heterocycles. The summed E-state index contributed by atoms with van der Waals surface area (Å²) < 4.78 is 5.29. The summed E-state index contributed by atoms with van der Waals surface area (Å²) in [6.07, 6.45) is 3.31. The van der Waals surface area contributed by atoms with Crippen LogP contribution < -0.4 is 10.6 Å². The van der Waals surface area contributed by atoms with Gasteiger partial charge in [0.25, 0.3) is 0 Å². The second kappa shape index (κ2) is 5.64. The highest BCUT2D eigenvalue weighted by molar-refractivity contribution is 5.85. The number of likely N-dealkylation sites (N-methyl/N-ethyl adjacent to an activating group) is 1. The average molecular weight is 228 g/mol. The topological polar surface area (TPSA) is 50.4 Å². The highest BCUT2D eigenvalue weighted by Gasteiger charge is 2.31. The van der Waals surface area contributed by atoms with Gasteiger partial charge >= 0.3 is 0 Å². The number of carbonyl (C=O) groups excluding carboxylic acids is 1. The van der Waals surface area contributed by atoms with Crippen LogP contribution in [0.3, 0.4) is 0 Å². The van der Waals surface area contributed by atoms with Gasteiger partial charge in [-0.3, -0.25) is 4.79 Å². The SMILES string of the molecule is CCNC(C)(C)C(=O)NC1CCC(OC)C1. The molecule has 4 heteroatoms. The molecular formula is C12H24N2O2. The molecule has 94 valence electrons. The summed E-state index contributed by atoms with van der Waals surface area (Å²) in [6, 6.07) is 0.274. The zero-order valence-electron chi connectivity index (χ0n) is 10.8. The minimum absolute atomic E-state index is 0.0797. The number of nitrogens with one attached hydrogen (secondary N) is 2. The molecule has 2 atom stereocenters. The largest absolute Gasteiger partial charge is 0.381 e. The first-order valence-electron chi connectivity index (χ1n) is 6.08. The van der Waals surface area contributed by atoms with Crippen LogP contribution in [0.5, 0.6) is 0 Å². The third-order valence-electron chi connectivity index (χ3n) is 3.24. The smallest absolute Gasteiger partial charge is 0.239 e. The summed E-state index contributed by atoms with van der Waals surface area (Å²) in [4.78, 5) is 12.0. The molecule has 0 spiro atoms. The molecule has 1 aliphatic rings. The molecule has 0 aromatic carbocycles. The molecule has 0 bridgehead atoms. The van der Waals surface area contributed by atoms with Gasteiger partial charge in [-0.2, -0.15) is 0 Å². The van der Waals surface area contributed by atoms with Crippen molar-refractivity contribution >= 4 is 5.91 Å². The average Bonchev–Trinajstić information content (AvgIpc) is 2.65. The maximum absolute atomic E-state index is 12.0. The lowest BCUT2D eigenvalue weighted by atomic mass is 10.0. The van der Waals surface area contributed by atoms with Crippen LogP contribution in [0, 0.1) is 0 Å². The highest BCUT2D eigenvalue weighted by Crippen LogP contribution is 2.21. The van der Waals surface area contributed by atoms with E-state index in [-0.39, 0.29) is 11.9 Å². The van der Waals surface area contributed by atoms with E-state index < -0.39 is 5.54 Å². The Bertz CT molecular complexity index is 241. The molecule has 1 amide bonds. The predicted octanol–water partition coefficient (Wildman–Crippen LogP) is 1.06. The Morgan fingerprint density at radius 1 is 1.44 bits per heavy atom. The van der Waals surface area contributed by atoms with Crippen LogP contribution >= 0.6 is 0 Å². The van der Waals surface area contributed by atoms with E-state index in [2.05, 4.69) is 10.6 Å². The highest BCUT2D eigenvalue weighted by atomic mass is 16.5. The predicted molar refractivity (Wildman–Crippen MR) is 64.3 cm³/mol. The summed E-state index contributed by atoms with van der Waals surface area (Å²) in [5, 5.41) is 6.26. The first-order valence-corrected chi connectivity index (χ1v) is 6.08. The second-order valence-corrected chi connectivity index (χ2v) is 5.00. The van der Waals surface area contributed by atoms with Crippen molar-refractivity contribution in [3.05, 3.63) is 0 Å². The van der Waals surface area contributed by atoms with Crippen LogP contribution in [0.1, 0.15) is 40.0 Å². The number of ether oxygens (including phenoxy) is 1. The van der Waals surface area contributed by atoms with Crippen molar-refractivity contribution in [2.45, 2.75) is 57.7 Å². The second-order valence-electron chi connectivity index (χ2n) is 5.00. The van der Waals surface area contributed by atoms with Crippen molar-refractivity contribution in [2.24, 2.45) is 0 Å². The van der Waals surface area contributed by atoms with Crippen LogP contribution in [0.2, 0.25) is 0 Å². The first-order chi connectivity index (χ1) is 7.49. The van der Waals surface area contributed by atoms with Crippen LogP contribution in [-0.2, 0) is 9.53 Å². The molecule has 0 aliphatic heterocycles. The van der Waals surface area contributed by atoms with Crippen molar-refractivity contribution in [3.8, 4) is 0 Å². The lowest BCUT2D eigenvalue weighted by Gasteiger charge is -2.26. The summed E-state index contributed by atoms with van der Waals surface area (Å²) >= 11 is 0. The Morgan fingerprint density at radius 2 is 2.12 bits per heavy atom. The van der Waals surface area contributed by atoms with Gasteiger partial charge in [-0.05, 0) is 39.7 Å². The van der Waals surface area contributed by atoms with Crippen molar-refractivity contribution in [1.82, 2.24) is 10.6 Å². The molecule has 1 aliphatic carbocycles. The molecule has 2 unspecified atom stereocenters. The van der Waals surface area contributed by atoms with Crippen molar-refractivity contribution in [1.29, 1.82) is 0 Å². The number of hydrogen-bond donors (Lipinski definition) is 2. The fourth-order valence-corrected chi connectivity index (χ4v) is 2.17. The first kappa shape index (κ1) is 13.5. The van der Waals surface area contributed by atoms with E-state index in [9.17, 15) is 4.79 Å². The summed E-state index contributed by atoms with van der Waals surface area (Å²) in [6.45, 7) is 6.63. The molecular weight excluding hydrogens is 204 g/mol. The number of methoxy groups -OCH3 is 1. The number of carbonyl (C=O) groups is 1. The van der Waals surface area contributed by atoms with Gasteiger partial charge in [0.05, 0.1) is 11.6 Å². The third-order valence-corrected chi connectivity index (χ3v) is 3.24. The Balaban J connectivity index is 2.40. The maximum Gasteiger partial charge on any atom is 0.239 e. The van der Waals surface area contributed by atoms with Crippen LogP contribution in [-0.4, -0.2) is 37.2 Å². The molecule has 0 heterocycles. The molecule has 4 nitrogen and oxygen atoms in total. The standard InChI is InChI=1S/C12H24N2O2/c1-5-13-12(2,3)11(15)14-9-6-7-10(8-9)16-4/h9-10,13H,5-8H2,1-4H3,(H,14,15). The summed E-state index contributed by atoms with van der Waals surface area (Å²) in [7, 11) is 1.73. The Kier molecular flexibility index (Phi) is 4.74. The van der Waals surface area contributed by atoms with Gasteiger partial charge in [0.2, 0.25) is 5.91 Å². The van der Waals surface area contributed by atoms with E-state index >= 15 is 0 Å². The normalized spacial score (nSPS) is 25.8. The van der Waals surface area contributed by atoms with Gasteiger partial charge in [-0.15, -0.1) is 0 Å². The molecule has 1 rings (SSSR count). The minimum Gasteiger partial charge on any atom is -0.381 e. The lowest BCUT2D eigenvalue weighted by Crippen LogP contribution is -2.54. The zero-order chi connectivity index (χ0) is 12.2. The van der Waals surface area contributed by atoms with E-state index in [0.717, 1.165) is 25.8 Å². The van der Waals surface area contributed by atoms with E-state index in [4.69, 9.17) is 4.74 Å². The van der Waals surface area contributed by atoms with Crippen LogP contribution in [0.4, 0.5) is 0 Å². The molecule has 2 N–H and O–H groups in total. The number of hydrogen-bond acceptors (Lipinski definition) is 3. The van der Waals surface area contributed by atoms with E-state index in [1.54, 1.807) is 7.11 Å². The van der Waals surface area contributed by atoms with Gasteiger partial charge in [0.1, 0.15) is 0 Å². The third kappa shape index (κ3) is 3.46. The van der Waals surface area contributed by atoms with Gasteiger partial charge in [0, 0.05) is 13.2 Å². The molecule has 0 saturated heterocycles.